The van der Waals surface area contributed by atoms with Crippen molar-refractivity contribution in [3.05, 3.63) is 62.1 Å². The molecule has 3 aromatic rings. The van der Waals surface area contributed by atoms with Crippen LogP contribution in [0.15, 0.2) is 39.9 Å². The minimum atomic E-state index is -0.535. The van der Waals surface area contributed by atoms with Crippen LogP contribution in [-0.4, -0.2) is 14.4 Å². The highest BCUT2D eigenvalue weighted by atomic mass is 32.1. The zero-order chi connectivity index (χ0) is 15.7. The van der Waals surface area contributed by atoms with Crippen LogP contribution in [0.2, 0.25) is 0 Å². The number of hydrogen-bond donors (Lipinski definition) is 0. The van der Waals surface area contributed by atoms with Crippen LogP contribution in [0.1, 0.15) is 24.2 Å². The number of aryl methyl sites for hydroxylation is 1. The molecule has 1 atom stereocenters. The summed E-state index contributed by atoms with van der Waals surface area (Å²) < 4.78 is 1.51. The third kappa shape index (κ3) is 2.24. The van der Waals surface area contributed by atoms with Gasteiger partial charge in [0.05, 0.1) is 17.3 Å². The fourth-order valence-corrected chi connectivity index (χ4v) is 3.05. The van der Waals surface area contributed by atoms with Gasteiger partial charge in [0, 0.05) is 28.9 Å². The minimum absolute atomic E-state index is 0.171. The second-order valence-corrected chi connectivity index (χ2v) is 5.68. The maximum Gasteiger partial charge on any atom is 0.266 e. The van der Waals surface area contributed by atoms with Crippen molar-refractivity contribution >= 4 is 16.3 Å². The largest absolute Gasteiger partial charge is 0.268 e. The highest BCUT2D eigenvalue weighted by Gasteiger charge is 2.20. The Hall–Kier alpha value is -2.70. The third-order valence-electron chi connectivity index (χ3n) is 3.40. The normalized spacial score (nSPS) is 12.1. The number of hydrogen-bond acceptors (Lipinski definition) is 5. The molecular weight excluding hydrogens is 300 g/mol. The van der Waals surface area contributed by atoms with Gasteiger partial charge in [-0.3, -0.25) is 14.2 Å². The molecule has 0 aromatic carbocycles. The van der Waals surface area contributed by atoms with Gasteiger partial charge in [0.15, 0.2) is 4.96 Å². The Morgan fingerprint density at radius 1 is 1.50 bits per heavy atom. The molecule has 0 bridgehead atoms. The van der Waals surface area contributed by atoms with Crippen molar-refractivity contribution in [1.82, 2.24) is 14.4 Å². The number of azide groups is 1. The van der Waals surface area contributed by atoms with Crippen molar-refractivity contribution in [3.8, 4) is 11.1 Å². The molecule has 0 N–H and O–H groups in total. The topological polar surface area (TPSA) is 96.0 Å². The van der Waals surface area contributed by atoms with Gasteiger partial charge in [-0.25, -0.2) is 4.98 Å². The highest BCUT2D eigenvalue weighted by Crippen LogP contribution is 2.28. The predicted molar refractivity (Wildman–Crippen MR) is 84.9 cm³/mol. The van der Waals surface area contributed by atoms with Crippen LogP contribution < -0.4 is 5.56 Å². The highest BCUT2D eigenvalue weighted by molar-refractivity contribution is 7.15. The Labute approximate surface area is 129 Å². The van der Waals surface area contributed by atoms with Crippen LogP contribution >= 0.6 is 11.3 Å². The van der Waals surface area contributed by atoms with E-state index >= 15 is 0 Å². The number of aromatic nitrogens is 3. The van der Waals surface area contributed by atoms with Gasteiger partial charge < -0.3 is 0 Å². The van der Waals surface area contributed by atoms with E-state index in [1.54, 1.807) is 37.0 Å². The van der Waals surface area contributed by atoms with Crippen molar-refractivity contribution in [3.63, 3.8) is 0 Å². The first-order valence-corrected chi connectivity index (χ1v) is 7.46. The summed E-state index contributed by atoms with van der Waals surface area (Å²) in [5, 5.41) is 5.50. The first-order valence-electron chi connectivity index (χ1n) is 6.58. The summed E-state index contributed by atoms with van der Waals surface area (Å²) in [5.74, 6) is 0. The van der Waals surface area contributed by atoms with Crippen molar-refractivity contribution in [2.75, 3.05) is 0 Å². The lowest BCUT2D eigenvalue weighted by atomic mass is 9.99. The number of thiazole rings is 1. The quantitative estimate of drug-likeness (QED) is 0.420. The molecule has 22 heavy (non-hydrogen) atoms. The molecule has 3 heterocycles. The van der Waals surface area contributed by atoms with Crippen LogP contribution in [0.5, 0.6) is 0 Å². The second-order valence-electron chi connectivity index (χ2n) is 4.80. The van der Waals surface area contributed by atoms with Crippen molar-refractivity contribution in [2.24, 2.45) is 5.11 Å². The molecule has 1 unspecified atom stereocenters. The lowest BCUT2D eigenvalue weighted by Crippen LogP contribution is -2.19. The average molecular weight is 312 g/mol. The Morgan fingerprint density at radius 2 is 2.32 bits per heavy atom. The van der Waals surface area contributed by atoms with E-state index in [0.717, 1.165) is 11.1 Å². The first-order chi connectivity index (χ1) is 10.6. The van der Waals surface area contributed by atoms with E-state index < -0.39 is 6.04 Å². The maximum atomic E-state index is 12.8. The number of rotatable bonds is 3. The summed E-state index contributed by atoms with van der Waals surface area (Å²) in [7, 11) is 0. The molecule has 7 nitrogen and oxygen atoms in total. The zero-order valence-corrected chi connectivity index (χ0v) is 12.8. The molecule has 8 heteroatoms. The summed E-state index contributed by atoms with van der Waals surface area (Å²) in [6.07, 6.45) is 5.02. The van der Waals surface area contributed by atoms with E-state index in [2.05, 4.69) is 20.0 Å². The number of nitrogens with zero attached hydrogens (tertiary/aromatic N) is 6. The van der Waals surface area contributed by atoms with E-state index in [0.29, 0.717) is 16.2 Å². The molecule has 110 valence electrons. The monoisotopic (exact) mass is 312 g/mol. The molecule has 3 rings (SSSR count). The molecule has 0 saturated heterocycles. The van der Waals surface area contributed by atoms with Gasteiger partial charge in [-0.05, 0) is 29.6 Å². The van der Waals surface area contributed by atoms with Gasteiger partial charge in [0.1, 0.15) is 0 Å². The lowest BCUT2D eigenvalue weighted by molar-refractivity contribution is 0.771. The predicted octanol–water partition coefficient (Wildman–Crippen LogP) is 3.50. The van der Waals surface area contributed by atoms with E-state index in [1.807, 2.05) is 6.92 Å². The fourth-order valence-electron chi connectivity index (χ4n) is 2.34. The molecule has 0 saturated carbocycles. The minimum Gasteiger partial charge on any atom is -0.268 e. The van der Waals surface area contributed by atoms with Crippen molar-refractivity contribution in [1.29, 1.82) is 0 Å². The maximum absolute atomic E-state index is 12.8. The first kappa shape index (κ1) is 14.2. The van der Waals surface area contributed by atoms with Crippen LogP contribution in [0.25, 0.3) is 26.5 Å². The molecular formula is C14H12N6OS. The van der Waals surface area contributed by atoms with Gasteiger partial charge in [-0.2, -0.15) is 0 Å². The van der Waals surface area contributed by atoms with Gasteiger partial charge in [0.25, 0.3) is 5.56 Å². The molecule has 0 aliphatic rings. The summed E-state index contributed by atoms with van der Waals surface area (Å²) in [5.41, 5.74) is 11.1. The number of pyridine rings is 1. The van der Waals surface area contributed by atoms with Crippen LogP contribution in [0, 0.1) is 6.92 Å². The van der Waals surface area contributed by atoms with Gasteiger partial charge in [-0.15, -0.1) is 11.3 Å². The van der Waals surface area contributed by atoms with E-state index in [-0.39, 0.29) is 5.56 Å². The molecule has 0 spiro atoms. The number of fused-ring (bicyclic) bond motifs is 1. The summed E-state index contributed by atoms with van der Waals surface area (Å²) >= 11 is 1.36. The molecule has 0 amide bonds. The lowest BCUT2D eigenvalue weighted by Gasteiger charge is -2.13. The Morgan fingerprint density at radius 3 is 3.05 bits per heavy atom. The van der Waals surface area contributed by atoms with Gasteiger partial charge in [-0.1, -0.05) is 12.0 Å². The Kier molecular flexibility index (Phi) is 3.62. The van der Waals surface area contributed by atoms with Crippen LogP contribution in [0.3, 0.4) is 0 Å². The van der Waals surface area contributed by atoms with E-state index in [1.165, 1.54) is 15.7 Å². The van der Waals surface area contributed by atoms with Gasteiger partial charge >= 0.3 is 0 Å². The summed E-state index contributed by atoms with van der Waals surface area (Å²) in [4.78, 5) is 24.8. The Balaban J connectivity index is 2.42. The van der Waals surface area contributed by atoms with Crippen molar-refractivity contribution < 1.29 is 0 Å². The molecule has 0 aliphatic carbocycles. The van der Waals surface area contributed by atoms with Crippen molar-refractivity contribution in [2.45, 2.75) is 19.9 Å². The molecule has 0 aliphatic heterocycles. The van der Waals surface area contributed by atoms with E-state index in [9.17, 15) is 4.79 Å². The summed E-state index contributed by atoms with van der Waals surface area (Å²) in [6.45, 7) is 3.61. The van der Waals surface area contributed by atoms with Crippen LogP contribution in [0.4, 0.5) is 0 Å². The van der Waals surface area contributed by atoms with Crippen LogP contribution in [-0.2, 0) is 0 Å². The smallest absolute Gasteiger partial charge is 0.266 e. The molecule has 0 radical (unpaired) electrons. The Bertz CT molecular complexity index is 953. The van der Waals surface area contributed by atoms with E-state index in [4.69, 9.17) is 5.53 Å². The molecule has 3 aromatic heterocycles. The third-order valence-corrected chi connectivity index (χ3v) is 4.16. The second kappa shape index (κ2) is 5.59. The van der Waals surface area contributed by atoms with Gasteiger partial charge in [0.2, 0.25) is 0 Å². The zero-order valence-electron chi connectivity index (χ0n) is 12.0. The summed E-state index contributed by atoms with van der Waals surface area (Å²) in [6, 6.07) is 1.24. The fraction of sp³-hybridized carbons (Fsp3) is 0.214. The molecule has 0 fully saturated rings. The average Bonchev–Trinajstić information content (AvgIpc) is 2.97. The standard InChI is InChI=1S/C14H12N6OS/c1-8-7-16-4-3-10(8)11-12(9(2)18-19-15)17-14-20(13(11)21)5-6-22-14/h3-7,9H,1-2H3. The SMILES string of the molecule is Cc1cnccc1-c1c(C(C)N=[N+]=[N-])nc2sccn2c1=O.